The molecule has 3 aromatic carbocycles. The zero-order valence-corrected chi connectivity index (χ0v) is 22.2. The van der Waals surface area contributed by atoms with E-state index in [-0.39, 0.29) is 30.9 Å². The maximum atomic E-state index is 13.7. The molecule has 0 heterocycles. The van der Waals surface area contributed by atoms with Crippen LogP contribution in [0.1, 0.15) is 36.1 Å². The van der Waals surface area contributed by atoms with Crippen molar-refractivity contribution in [2.75, 3.05) is 13.2 Å². The van der Waals surface area contributed by atoms with Gasteiger partial charge in [0.05, 0.1) is 0 Å². The Morgan fingerprint density at radius 1 is 0.972 bits per heavy atom. The fourth-order valence-corrected chi connectivity index (χ4v) is 4.07. The molecule has 0 unspecified atom stereocenters. The Morgan fingerprint density at radius 3 is 2.36 bits per heavy atom. The second-order valence-electron chi connectivity index (χ2n) is 9.52. The van der Waals surface area contributed by atoms with Gasteiger partial charge in [0.1, 0.15) is 11.8 Å². The average Bonchev–Trinajstić information content (AvgIpc) is 2.86. The molecule has 0 saturated carbocycles. The molecule has 0 aromatic heterocycles. The Hall–Kier alpha value is -3.31. The van der Waals surface area contributed by atoms with E-state index in [0.717, 1.165) is 22.3 Å². The van der Waals surface area contributed by atoms with Gasteiger partial charge in [-0.05, 0) is 54.2 Å². The van der Waals surface area contributed by atoms with Gasteiger partial charge < -0.3 is 15.0 Å². The van der Waals surface area contributed by atoms with Crippen LogP contribution in [0.15, 0.2) is 72.8 Å². The molecule has 0 aliphatic rings. The first-order valence-electron chi connectivity index (χ1n) is 12.3. The zero-order valence-electron chi connectivity index (χ0n) is 21.5. The number of carbonyl (C=O) groups is 2. The second kappa shape index (κ2) is 13.1. The number of benzene rings is 3. The van der Waals surface area contributed by atoms with Gasteiger partial charge >= 0.3 is 0 Å². The monoisotopic (exact) mass is 506 g/mol. The van der Waals surface area contributed by atoms with Crippen molar-refractivity contribution >= 4 is 23.4 Å². The number of nitrogens with one attached hydrogen (secondary N) is 1. The van der Waals surface area contributed by atoms with Crippen molar-refractivity contribution in [2.45, 2.75) is 46.7 Å². The highest BCUT2D eigenvalue weighted by Gasteiger charge is 2.31. The van der Waals surface area contributed by atoms with E-state index in [1.54, 1.807) is 11.0 Å². The smallest absolute Gasteiger partial charge is 0.261 e. The summed E-state index contributed by atoms with van der Waals surface area (Å²) in [4.78, 5) is 28.7. The van der Waals surface area contributed by atoms with E-state index in [9.17, 15) is 9.59 Å². The van der Waals surface area contributed by atoms with Gasteiger partial charge in [-0.25, -0.2) is 0 Å². The number of hydrogen-bond acceptors (Lipinski definition) is 3. The number of rotatable bonds is 11. The van der Waals surface area contributed by atoms with Crippen LogP contribution in [-0.2, 0) is 22.6 Å². The normalized spacial score (nSPS) is 11.7. The van der Waals surface area contributed by atoms with Gasteiger partial charge in [0.25, 0.3) is 5.91 Å². The Morgan fingerprint density at radius 2 is 1.67 bits per heavy atom. The van der Waals surface area contributed by atoms with Crippen LogP contribution in [0.4, 0.5) is 0 Å². The molecule has 0 bridgehead atoms. The molecule has 3 rings (SSSR count). The number of hydrogen-bond donors (Lipinski definition) is 1. The first-order chi connectivity index (χ1) is 17.2. The van der Waals surface area contributed by atoms with E-state index >= 15 is 0 Å². The summed E-state index contributed by atoms with van der Waals surface area (Å²) >= 11 is 6.46. The summed E-state index contributed by atoms with van der Waals surface area (Å²) in [6.45, 7) is 8.54. The molecule has 0 radical (unpaired) electrons. The van der Waals surface area contributed by atoms with Crippen LogP contribution in [0.25, 0.3) is 0 Å². The summed E-state index contributed by atoms with van der Waals surface area (Å²) in [6, 6.07) is 22.3. The lowest BCUT2D eigenvalue weighted by molar-refractivity contribution is -0.142. The molecule has 0 spiro atoms. The minimum Gasteiger partial charge on any atom is -0.483 e. The Labute approximate surface area is 219 Å². The lowest BCUT2D eigenvalue weighted by Crippen LogP contribution is -2.52. The summed E-state index contributed by atoms with van der Waals surface area (Å²) in [5.74, 6) is 0.465. The van der Waals surface area contributed by atoms with Gasteiger partial charge in [-0.15, -0.1) is 0 Å². The number of nitrogens with zero attached hydrogens (tertiary/aromatic N) is 1. The molecular formula is C30H35ClN2O3. The predicted octanol–water partition coefficient (Wildman–Crippen LogP) is 5.75. The molecule has 3 aromatic rings. The molecule has 0 saturated heterocycles. The van der Waals surface area contributed by atoms with Gasteiger partial charge in [0.2, 0.25) is 5.91 Å². The molecule has 190 valence electrons. The highest BCUT2D eigenvalue weighted by Crippen LogP contribution is 2.22. The molecule has 36 heavy (non-hydrogen) atoms. The lowest BCUT2D eigenvalue weighted by atomic mass is 10.0. The minimum atomic E-state index is -0.725. The third kappa shape index (κ3) is 7.85. The molecule has 6 heteroatoms. The van der Waals surface area contributed by atoms with Crippen LogP contribution >= 0.6 is 11.6 Å². The van der Waals surface area contributed by atoms with Crippen molar-refractivity contribution < 1.29 is 14.3 Å². The van der Waals surface area contributed by atoms with Gasteiger partial charge in [-0.2, -0.15) is 0 Å². The van der Waals surface area contributed by atoms with Crippen LogP contribution in [0.3, 0.4) is 0 Å². The number of halogens is 1. The SMILES string of the molecule is Cc1ccc(C)c(OCC(=O)N(Cc2ccccc2Cl)[C@@H](Cc2ccccc2)C(=O)NCC(C)C)c1. The van der Waals surface area contributed by atoms with Crippen LogP contribution in [0, 0.1) is 19.8 Å². The van der Waals surface area contributed by atoms with Gasteiger partial charge in [-0.1, -0.05) is 86.1 Å². The van der Waals surface area contributed by atoms with Gasteiger partial charge in [-0.3, -0.25) is 9.59 Å². The summed E-state index contributed by atoms with van der Waals surface area (Å²) in [5, 5.41) is 3.57. The van der Waals surface area contributed by atoms with Crippen LogP contribution < -0.4 is 10.1 Å². The summed E-state index contributed by atoms with van der Waals surface area (Å²) in [6.07, 6.45) is 0.379. The summed E-state index contributed by atoms with van der Waals surface area (Å²) in [7, 11) is 0. The lowest BCUT2D eigenvalue weighted by Gasteiger charge is -2.32. The average molecular weight is 507 g/mol. The third-order valence-corrected chi connectivity index (χ3v) is 6.32. The van der Waals surface area contributed by atoms with Gasteiger partial charge in [0, 0.05) is 24.5 Å². The Kier molecular flexibility index (Phi) is 9.95. The fraction of sp³-hybridized carbons (Fsp3) is 0.333. The van der Waals surface area contributed by atoms with E-state index in [4.69, 9.17) is 16.3 Å². The topological polar surface area (TPSA) is 58.6 Å². The molecule has 0 aliphatic carbocycles. The number of carbonyl (C=O) groups excluding carboxylic acids is 2. The Balaban J connectivity index is 1.93. The first-order valence-corrected chi connectivity index (χ1v) is 12.7. The standard InChI is InChI=1S/C30H35ClN2O3/c1-21(2)18-32-30(35)27(17-24-10-6-5-7-11-24)33(19-25-12-8-9-13-26(25)31)29(34)20-36-28-16-22(3)14-15-23(28)4/h5-16,21,27H,17-20H2,1-4H3,(H,32,35)/t27-/m0/s1. The van der Waals surface area contributed by atoms with Crippen LogP contribution in [0.2, 0.25) is 5.02 Å². The van der Waals surface area contributed by atoms with Crippen molar-refractivity contribution in [1.29, 1.82) is 0 Å². The quantitative estimate of drug-likeness (QED) is 0.360. The van der Waals surface area contributed by atoms with Crippen LogP contribution in [0.5, 0.6) is 5.75 Å². The highest BCUT2D eigenvalue weighted by atomic mass is 35.5. The molecule has 2 amide bonds. The maximum Gasteiger partial charge on any atom is 0.261 e. The van der Waals surface area contributed by atoms with Gasteiger partial charge in [0.15, 0.2) is 6.61 Å². The largest absolute Gasteiger partial charge is 0.483 e. The molecule has 1 atom stereocenters. The molecule has 0 aliphatic heterocycles. The van der Waals surface area contributed by atoms with Crippen molar-refractivity contribution in [3.63, 3.8) is 0 Å². The first kappa shape index (κ1) is 27.3. The number of aryl methyl sites for hydroxylation is 2. The minimum absolute atomic E-state index is 0.183. The van der Waals surface area contributed by atoms with E-state index < -0.39 is 6.04 Å². The third-order valence-electron chi connectivity index (χ3n) is 5.95. The molecule has 0 fully saturated rings. The predicted molar refractivity (Wildman–Crippen MR) is 145 cm³/mol. The van der Waals surface area contributed by atoms with Crippen LogP contribution in [-0.4, -0.2) is 35.9 Å². The van der Waals surface area contributed by atoms with E-state index in [1.807, 2.05) is 94.4 Å². The van der Waals surface area contributed by atoms with Crippen molar-refractivity contribution in [3.8, 4) is 5.75 Å². The maximum absolute atomic E-state index is 13.7. The summed E-state index contributed by atoms with van der Waals surface area (Å²) in [5.41, 5.74) is 3.73. The van der Waals surface area contributed by atoms with E-state index in [2.05, 4.69) is 5.32 Å². The fourth-order valence-electron chi connectivity index (χ4n) is 3.87. The number of amides is 2. The van der Waals surface area contributed by atoms with Crippen molar-refractivity contribution in [1.82, 2.24) is 10.2 Å². The number of ether oxygens (including phenoxy) is 1. The molecule has 5 nitrogen and oxygen atoms in total. The summed E-state index contributed by atoms with van der Waals surface area (Å²) < 4.78 is 5.95. The molecular weight excluding hydrogens is 472 g/mol. The Bertz CT molecular complexity index is 1160. The molecule has 1 N–H and O–H groups in total. The van der Waals surface area contributed by atoms with Crippen molar-refractivity contribution in [3.05, 3.63) is 100 Å². The second-order valence-corrected chi connectivity index (χ2v) is 9.92. The van der Waals surface area contributed by atoms with E-state index in [1.165, 1.54) is 0 Å². The van der Waals surface area contributed by atoms with E-state index in [0.29, 0.717) is 23.7 Å². The van der Waals surface area contributed by atoms with Crippen molar-refractivity contribution in [2.24, 2.45) is 5.92 Å². The highest BCUT2D eigenvalue weighted by molar-refractivity contribution is 6.31. The zero-order chi connectivity index (χ0) is 26.1.